The molecule has 0 saturated heterocycles. The van der Waals surface area contributed by atoms with Gasteiger partial charge in [0, 0.05) is 0 Å². The second-order valence-corrected chi connectivity index (χ2v) is 8.60. The standard InChI is InChI=1S/C20H30O2/c1-12(2)13-6-7-15-14(10-13)16(21)11-17-19(3,4)18(22)8-9-20(15,17)5/h6-7,10,12,16-18,21-22H,8-9,11H2,1-5H3/t16-,17+,18+,20-/m1/s1. The fourth-order valence-electron chi connectivity index (χ4n) is 5.01. The fraction of sp³-hybridized carbons (Fsp3) is 0.700. The van der Waals surface area contributed by atoms with Crippen LogP contribution < -0.4 is 0 Å². The van der Waals surface area contributed by atoms with E-state index in [2.05, 4.69) is 52.8 Å². The quantitative estimate of drug-likeness (QED) is 0.812. The van der Waals surface area contributed by atoms with Crippen LogP contribution >= 0.6 is 0 Å². The van der Waals surface area contributed by atoms with E-state index in [1.54, 1.807) is 0 Å². The molecule has 0 unspecified atom stereocenters. The Hall–Kier alpha value is -0.860. The summed E-state index contributed by atoms with van der Waals surface area (Å²) >= 11 is 0. The van der Waals surface area contributed by atoms with Gasteiger partial charge in [-0.1, -0.05) is 52.8 Å². The van der Waals surface area contributed by atoms with Crippen LogP contribution in [0.5, 0.6) is 0 Å². The van der Waals surface area contributed by atoms with Crippen molar-refractivity contribution in [1.29, 1.82) is 0 Å². The topological polar surface area (TPSA) is 40.5 Å². The molecule has 0 amide bonds. The summed E-state index contributed by atoms with van der Waals surface area (Å²) in [7, 11) is 0. The van der Waals surface area contributed by atoms with Crippen molar-refractivity contribution >= 4 is 0 Å². The van der Waals surface area contributed by atoms with Gasteiger partial charge in [0.25, 0.3) is 0 Å². The summed E-state index contributed by atoms with van der Waals surface area (Å²) in [5.74, 6) is 0.795. The summed E-state index contributed by atoms with van der Waals surface area (Å²) < 4.78 is 0. The Kier molecular flexibility index (Phi) is 3.69. The number of aliphatic hydroxyl groups is 2. The molecule has 1 aromatic rings. The molecule has 1 aromatic carbocycles. The van der Waals surface area contributed by atoms with Crippen molar-refractivity contribution in [2.75, 3.05) is 0 Å². The van der Waals surface area contributed by atoms with Crippen molar-refractivity contribution < 1.29 is 10.2 Å². The van der Waals surface area contributed by atoms with E-state index in [1.807, 2.05) is 0 Å². The lowest BCUT2D eigenvalue weighted by molar-refractivity contribution is -0.0900. The van der Waals surface area contributed by atoms with Crippen molar-refractivity contribution in [3.63, 3.8) is 0 Å². The lowest BCUT2D eigenvalue weighted by Crippen LogP contribution is -2.54. The van der Waals surface area contributed by atoms with Gasteiger partial charge in [0.15, 0.2) is 0 Å². The molecular weight excluding hydrogens is 272 g/mol. The Balaban J connectivity index is 2.12. The maximum Gasteiger partial charge on any atom is 0.0796 e. The minimum atomic E-state index is -0.406. The normalized spacial score (nSPS) is 36.8. The van der Waals surface area contributed by atoms with Crippen molar-refractivity contribution in [3.8, 4) is 0 Å². The number of hydrogen-bond donors (Lipinski definition) is 2. The molecule has 0 bridgehead atoms. The van der Waals surface area contributed by atoms with Crippen LogP contribution in [0.3, 0.4) is 0 Å². The zero-order chi connectivity index (χ0) is 16.3. The Morgan fingerprint density at radius 2 is 1.82 bits per heavy atom. The van der Waals surface area contributed by atoms with Gasteiger partial charge in [-0.05, 0) is 58.6 Å². The van der Waals surface area contributed by atoms with Crippen LogP contribution in [0.4, 0.5) is 0 Å². The van der Waals surface area contributed by atoms with Gasteiger partial charge in [0.1, 0.15) is 0 Å². The van der Waals surface area contributed by atoms with E-state index in [0.717, 1.165) is 24.8 Å². The molecule has 0 radical (unpaired) electrons. The second kappa shape index (κ2) is 5.07. The van der Waals surface area contributed by atoms with E-state index in [0.29, 0.717) is 11.8 Å². The van der Waals surface area contributed by atoms with E-state index >= 15 is 0 Å². The molecule has 2 aliphatic carbocycles. The van der Waals surface area contributed by atoms with Crippen LogP contribution in [0.25, 0.3) is 0 Å². The zero-order valence-corrected chi connectivity index (χ0v) is 14.6. The van der Waals surface area contributed by atoms with Crippen LogP contribution in [-0.4, -0.2) is 16.3 Å². The molecule has 4 atom stereocenters. The van der Waals surface area contributed by atoms with Gasteiger partial charge in [-0.15, -0.1) is 0 Å². The van der Waals surface area contributed by atoms with Gasteiger partial charge in [-0.3, -0.25) is 0 Å². The first-order chi connectivity index (χ1) is 10.2. The van der Waals surface area contributed by atoms with E-state index in [-0.39, 0.29) is 16.9 Å². The number of hydrogen-bond acceptors (Lipinski definition) is 2. The van der Waals surface area contributed by atoms with Gasteiger partial charge >= 0.3 is 0 Å². The minimum Gasteiger partial charge on any atom is -0.393 e. The average molecular weight is 302 g/mol. The monoisotopic (exact) mass is 302 g/mol. The fourth-order valence-corrected chi connectivity index (χ4v) is 5.01. The molecule has 3 rings (SSSR count). The summed E-state index contributed by atoms with van der Waals surface area (Å²) in [6, 6.07) is 6.68. The maximum absolute atomic E-state index is 10.8. The molecule has 2 aliphatic rings. The van der Waals surface area contributed by atoms with Crippen LogP contribution in [0, 0.1) is 11.3 Å². The lowest BCUT2D eigenvalue weighted by Gasteiger charge is -2.57. The summed E-state index contributed by atoms with van der Waals surface area (Å²) in [5.41, 5.74) is 3.64. The van der Waals surface area contributed by atoms with Crippen molar-refractivity contribution in [2.45, 2.75) is 77.4 Å². The highest BCUT2D eigenvalue weighted by atomic mass is 16.3. The lowest BCUT2D eigenvalue weighted by atomic mass is 9.49. The number of fused-ring (bicyclic) bond motifs is 3. The van der Waals surface area contributed by atoms with Gasteiger partial charge in [0.2, 0.25) is 0 Å². The number of rotatable bonds is 1. The Labute approximate surface area is 134 Å². The molecule has 0 heterocycles. The zero-order valence-electron chi connectivity index (χ0n) is 14.6. The van der Waals surface area contributed by atoms with E-state index < -0.39 is 6.10 Å². The first kappa shape index (κ1) is 16.0. The van der Waals surface area contributed by atoms with Crippen molar-refractivity contribution in [3.05, 3.63) is 34.9 Å². The number of aliphatic hydroxyl groups excluding tert-OH is 2. The molecule has 2 nitrogen and oxygen atoms in total. The van der Waals surface area contributed by atoms with Crippen LogP contribution in [0.2, 0.25) is 0 Å². The van der Waals surface area contributed by atoms with E-state index in [9.17, 15) is 10.2 Å². The Morgan fingerprint density at radius 1 is 1.14 bits per heavy atom. The first-order valence-electron chi connectivity index (χ1n) is 8.68. The predicted octanol–water partition coefficient (Wildman–Crippen LogP) is 4.30. The molecule has 1 fully saturated rings. The smallest absolute Gasteiger partial charge is 0.0796 e. The van der Waals surface area contributed by atoms with Gasteiger partial charge < -0.3 is 10.2 Å². The molecule has 1 saturated carbocycles. The molecule has 2 heteroatoms. The molecule has 2 N–H and O–H groups in total. The van der Waals surface area contributed by atoms with E-state index in [1.165, 1.54) is 11.1 Å². The van der Waals surface area contributed by atoms with Crippen LogP contribution in [0.15, 0.2) is 18.2 Å². The van der Waals surface area contributed by atoms with E-state index in [4.69, 9.17) is 0 Å². The molecule has 122 valence electrons. The summed E-state index contributed by atoms with van der Waals surface area (Å²) in [4.78, 5) is 0. The second-order valence-electron chi connectivity index (χ2n) is 8.60. The predicted molar refractivity (Wildman–Crippen MR) is 90.0 cm³/mol. The van der Waals surface area contributed by atoms with Crippen LogP contribution in [0.1, 0.15) is 82.6 Å². The molecular formula is C20H30O2. The largest absolute Gasteiger partial charge is 0.393 e. The number of benzene rings is 1. The highest BCUT2D eigenvalue weighted by Gasteiger charge is 2.54. The SMILES string of the molecule is CC(C)c1ccc2c(c1)[C@H](O)C[C@H]1C(C)(C)[C@@H](O)CC[C@]21C. The van der Waals surface area contributed by atoms with Crippen molar-refractivity contribution in [2.24, 2.45) is 11.3 Å². The summed E-state index contributed by atoms with van der Waals surface area (Å²) in [6.45, 7) is 11.1. The maximum atomic E-state index is 10.8. The van der Waals surface area contributed by atoms with Gasteiger partial charge in [0.05, 0.1) is 12.2 Å². The van der Waals surface area contributed by atoms with Crippen molar-refractivity contribution in [1.82, 2.24) is 0 Å². The first-order valence-corrected chi connectivity index (χ1v) is 8.68. The Bertz CT molecular complexity index is 575. The Morgan fingerprint density at radius 3 is 2.45 bits per heavy atom. The minimum absolute atomic E-state index is 0.0623. The summed E-state index contributed by atoms with van der Waals surface area (Å²) in [5, 5.41) is 21.2. The third-order valence-corrected chi connectivity index (χ3v) is 6.64. The third-order valence-electron chi connectivity index (χ3n) is 6.64. The molecule has 0 aromatic heterocycles. The molecule has 0 spiro atoms. The molecule has 22 heavy (non-hydrogen) atoms. The average Bonchev–Trinajstić information content (AvgIpc) is 2.46. The summed E-state index contributed by atoms with van der Waals surface area (Å²) in [6.07, 6.45) is 1.94. The highest BCUT2D eigenvalue weighted by molar-refractivity contribution is 5.43. The van der Waals surface area contributed by atoms with Crippen LogP contribution in [-0.2, 0) is 5.41 Å². The third kappa shape index (κ3) is 2.15. The van der Waals surface area contributed by atoms with Gasteiger partial charge in [-0.25, -0.2) is 0 Å². The highest BCUT2D eigenvalue weighted by Crippen LogP contribution is 2.59. The van der Waals surface area contributed by atoms with Gasteiger partial charge in [-0.2, -0.15) is 0 Å². The molecule has 0 aliphatic heterocycles.